The number of Topliss-reactive ketones (excluding diaryl/α,β-unsaturated/α-hetero) is 1. The predicted molar refractivity (Wildman–Crippen MR) is 70.3 cm³/mol. The van der Waals surface area contributed by atoms with Crippen LogP contribution in [0.3, 0.4) is 0 Å². The molecule has 0 saturated carbocycles. The van der Waals surface area contributed by atoms with Crippen molar-refractivity contribution >= 4 is 17.5 Å². The van der Waals surface area contributed by atoms with Crippen LogP contribution in [0.4, 0.5) is 0 Å². The highest BCUT2D eigenvalue weighted by atomic mass is 32.2. The van der Waals surface area contributed by atoms with Crippen LogP contribution in [0.25, 0.3) is 0 Å². The van der Waals surface area contributed by atoms with Gasteiger partial charge in [-0.1, -0.05) is 26.0 Å². The molecule has 0 aliphatic rings. The van der Waals surface area contributed by atoms with E-state index in [9.17, 15) is 4.79 Å². The molecule has 0 amide bonds. The second-order valence-electron chi connectivity index (χ2n) is 4.07. The van der Waals surface area contributed by atoms with Gasteiger partial charge in [-0.2, -0.15) is 0 Å². The molecular formula is C13H19NOS. The van der Waals surface area contributed by atoms with Crippen molar-refractivity contribution in [3.05, 3.63) is 29.8 Å². The number of benzene rings is 1. The van der Waals surface area contributed by atoms with Gasteiger partial charge in [-0.3, -0.25) is 4.79 Å². The minimum Gasteiger partial charge on any atom is -0.310 e. The van der Waals surface area contributed by atoms with Crippen LogP contribution in [-0.4, -0.2) is 24.1 Å². The zero-order chi connectivity index (χ0) is 12.1. The number of ketones is 1. The Morgan fingerprint density at radius 1 is 1.19 bits per heavy atom. The van der Waals surface area contributed by atoms with E-state index in [0.29, 0.717) is 5.25 Å². The Bertz CT molecular complexity index is 345. The maximum Gasteiger partial charge on any atom is 0.179 e. The molecule has 0 aliphatic heterocycles. The summed E-state index contributed by atoms with van der Waals surface area (Å²) >= 11 is 1.81. The van der Waals surface area contributed by atoms with E-state index in [2.05, 4.69) is 19.2 Å². The van der Waals surface area contributed by atoms with Crippen molar-refractivity contribution < 1.29 is 4.79 Å². The number of hydrogen-bond donors (Lipinski definition) is 1. The SMILES string of the molecule is CNC(C)C(=O)c1ccc(SC(C)C)cc1. The van der Waals surface area contributed by atoms with E-state index in [0.717, 1.165) is 5.56 Å². The van der Waals surface area contributed by atoms with Crippen LogP contribution in [0.2, 0.25) is 0 Å². The third-order valence-electron chi connectivity index (χ3n) is 2.34. The standard InChI is InChI=1S/C13H19NOS/c1-9(2)16-12-7-5-11(6-8-12)13(15)10(3)14-4/h5-10,14H,1-4H3. The molecule has 2 nitrogen and oxygen atoms in total. The first-order valence-electron chi connectivity index (χ1n) is 5.52. The molecule has 0 saturated heterocycles. The number of carbonyl (C=O) groups excluding carboxylic acids is 1. The summed E-state index contributed by atoms with van der Waals surface area (Å²) in [5.74, 6) is 0.142. The lowest BCUT2D eigenvalue weighted by molar-refractivity contribution is 0.0955. The highest BCUT2D eigenvalue weighted by Gasteiger charge is 2.12. The Balaban J connectivity index is 2.74. The predicted octanol–water partition coefficient (Wildman–Crippen LogP) is 2.98. The van der Waals surface area contributed by atoms with E-state index in [1.807, 2.05) is 31.2 Å². The molecule has 0 aromatic heterocycles. The Labute approximate surface area is 102 Å². The first-order valence-corrected chi connectivity index (χ1v) is 6.40. The molecule has 0 bridgehead atoms. The molecule has 0 spiro atoms. The Morgan fingerprint density at radius 2 is 1.75 bits per heavy atom. The van der Waals surface area contributed by atoms with E-state index in [1.54, 1.807) is 18.8 Å². The summed E-state index contributed by atoms with van der Waals surface area (Å²) in [5.41, 5.74) is 0.773. The number of nitrogens with one attached hydrogen (secondary N) is 1. The molecule has 0 aliphatic carbocycles. The van der Waals surface area contributed by atoms with Crippen molar-refractivity contribution in [1.82, 2.24) is 5.32 Å². The lowest BCUT2D eigenvalue weighted by Gasteiger charge is -2.10. The lowest BCUT2D eigenvalue weighted by Crippen LogP contribution is -2.30. The fraction of sp³-hybridized carbons (Fsp3) is 0.462. The summed E-state index contributed by atoms with van der Waals surface area (Å²) in [6, 6.07) is 7.71. The summed E-state index contributed by atoms with van der Waals surface area (Å²) in [6.07, 6.45) is 0. The van der Waals surface area contributed by atoms with Crippen molar-refractivity contribution in [2.45, 2.75) is 37.0 Å². The van der Waals surface area contributed by atoms with Gasteiger partial charge in [0.1, 0.15) is 0 Å². The van der Waals surface area contributed by atoms with E-state index in [1.165, 1.54) is 4.90 Å². The minimum absolute atomic E-state index is 0.122. The topological polar surface area (TPSA) is 29.1 Å². The van der Waals surface area contributed by atoms with E-state index < -0.39 is 0 Å². The van der Waals surface area contributed by atoms with Crippen LogP contribution in [-0.2, 0) is 0 Å². The number of hydrogen-bond acceptors (Lipinski definition) is 3. The zero-order valence-corrected chi connectivity index (χ0v) is 11.1. The summed E-state index contributed by atoms with van der Waals surface area (Å²) in [7, 11) is 1.80. The van der Waals surface area contributed by atoms with Gasteiger partial charge >= 0.3 is 0 Å². The monoisotopic (exact) mass is 237 g/mol. The van der Waals surface area contributed by atoms with Crippen LogP contribution in [0, 0.1) is 0 Å². The van der Waals surface area contributed by atoms with Crippen LogP contribution in [0.5, 0.6) is 0 Å². The van der Waals surface area contributed by atoms with Crippen molar-refractivity contribution in [1.29, 1.82) is 0 Å². The third kappa shape index (κ3) is 3.65. The fourth-order valence-electron chi connectivity index (χ4n) is 1.35. The average Bonchev–Trinajstić information content (AvgIpc) is 2.27. The molecule has 3 heteroatoms. The third-order valence-corrected chi connectivity index (χ3v) is 3.35. The van der Waals surface area contributed by atoms with Gasteiger partial charge in [-0.05, 0) is 26.1 Å². The molecule has 1 N–H and O–H groups in total. The Kier molecular flexibility index (Phi) is 5.03. The second kappa shape index (κ2) is 6.06. The average molecular weight is 237 g/mol. The summed E-state index contributed by atoms with van der Waals surface area (Å²) in [6.45, 7) is 6.19. The van der Waals surface area contributed by atoms with Gasteiger partial charge in [0.15, 0.2) is 5.78 Å². The molecule has 16 heavy (non-hydrogen) atoms. The Morgan fingerprint density at radius 3 is 2.19 bits per heavy atom. The van der Waals surface area contributed by atoms with Crippen LogP contribution in [0.1, 0.15) is 31.1 Å². The Hall–Kier alpha value is -0.800. The molecule has 0 heterocycles. The summed E-state index contributed by atoms with van der Waals surface area (Å²) in [4.78, 5) is 13.1. The van der Waals surface area contributed by atoms with Gasteiger partial charge < -0.3 is 5.32 Å². The van der Waals surface area contributed by atoms with Crippen LogP contribution < -0.4 is 5.32 Å². The summed E-state index contributed by atoms with van der Waals surface area (Å²) < 4.78 is 0. The molecule has 1 aromatic carbocycles. The number of likely N-dealkylation sites (N-methyl/N-ethyl adjacent to an activating group) is 1. The molecule has 88 valence electrons. The van der Waals surface area contributed by atoms with Crippen molar-refractivity contribution in [2.75, 3.05) is 7.05 Å². The molecule has 1 unspecified atom stereocenters. The smallest absolute Gasteiger partial charge is 0.179 e. The van der Waals surface area contributed by atoms with E-state index in [-0.39, 0.29) is 11.8 Å². The maximum atomic E-state index is 11.8. The van der Waals surface area contributed by atoms with Gasteiger partial charge in [0.05, 0.1) is 6.04 Å². The molecular weight excluding hydrogens is 218 g/mol. The summed E-state index contributed by atoms with van der Waals surface area (Å²) in [5, 5.41) is 3.52. The lowest BCUT2D eigenvalue weighted by atomic mass is 10.1. The maximum absolute atomic E-state index is 11.8. The molecule has 1 atom stereocenters. The van der Waals surface area contributed by atoms with Crippen molar-refractivity contribution in [2.24, 2.45) is 0 Å². The van der Waals surface area contributed by atoms with Gasteiger partial charge in [0.25, 0.3) is 0 Å². The first kappa shape index (κ1) is 13.3. The molecule has 0 radical (unpaired) electrons. The first-order chi connectivity index (χ1) is 7.54. The van der Waals surface area contributed by atoms with Crippen LogP contribution >= 0.6 is 11.8 Å². The number of thioether (sulfide) groups is 1. The minimum atomic E-state index is -0.122. The molecule has 0 fully saturated rings. The molecule has 1 aromatic rings. The number of carbonyl (C=O) groups is 1. The normalized spacial score (nSPS) is 12.8. The van der Waals surface area contributed by atoms with Crippen molar-refractivity contribution in [3.8, 4) is 0 Å². The van der Waals surface area contributed by atoms with E-state index in [4.69, 9.17) is 0 Å². The van der Waals surface area contributed by atoms with Gasteiger partial charge in [0, 0.05) is 15.7 Å². The number of rotatable bonds is 5. The highest BCUT2D eigenvalue weighted by Crippen LogP contribution is 2.23. The fourth-order valence-corrected chi connectivity index (χ4v) is 2.19. The van der Waals surface area contributed by atoms with Gasteiger partial charge in [-0.25, -0.2) is 0 Å². The largest absolute Gasteiger partial charge is 0.310 e. The molecule has 1 rings (SSSR count). The quantitative estimate of drug-likeness (QED) is 0.630. The van der Waals surface area contributed by atoms with Crippen molar-refractivity contribution in [3.63, 3.8) is 0 Å². The van der Waals surface area contributed by atoms with Gasteiger partial charge in [-0.15, -0.1) is 11.8 Å². The van der Waals surface area contributed by atoms with Crippen LogP contribution in [0.15, 0.2) is 29.2 Å². The zero-order valence-electron chi connectivity index (χ0n) is 10.3. The van der Waals surface area contributed by atoms with E-state index >= 15 is 0 Å². The van der Waals surface area contributed by atoms with Gasteiger partial charge in [0.2, 0.25) is 0 Å². The highest BCUT2D eigenvalue weighted by molar-refractivity contribution is 7.99. The second-order valence-corrected chi connectivity index (χ2v) is 5.72.